The number of nitrogens with zero attached hydrogens (tertiary/aromatic N) is 3. The molecule has 1 aliphatic rings. The Bertz CT molecular complexity index is 839. The maximum absolute atomic E-state index is 12.3. The van der Waals surface area contributed by atoms with Crippen molar-refractivity contribution in [2.75, 3.05) is 11.4 Å². The number of thioether (sulfide) groups is 1. The number of nitrogens with one attached hydrogen (secondary N) is 1. The molecule has 2 heterocycles. The van der Waals surface area contributed by atoms with Gasteiger partial charge in [0.2, 0.25) is 0 Å². The van der Waals surface area contributed by atoms with Gasteiger partial charge in [-0.15, -0.1) is 0 Å². The number of amides is 1. The lowest BCUT2D eigenvalue weighted by atomic mass is 10.0. The highest BCUT2D eigenvalue weighted by atomic mass is 32.2. The number of hydrogen-bond acceptors (Lipinski definition) is 5. The molecule has 1 fully saturated rings. The van der Waals surface area contributed by atoms with Gasteiger partial charge in [0.05, 0.1) is 0 Å². The summed E-state index contributed by atoms with van der Waals surface area (Å²) in [5.41, 5.74) is 2.88. The molecule has 1 amide bonds. The van der Waals surface area contributed by atoms with Crippen molar-refractivity contribution in [1.29, 1.82) is 0 Å². The fraction of sp³-hybridized carbons (Fsp3) is 0.522. The van der Waals surface area contributed by atoms with Gasteiger partial charge < -0.3 is 10.2 Å². The molecule has 5 nitrogen and oxygen atoms in total. The third-order valence-corrected chi connectivity index (χ3v) is 6.10. The van der Waals surface area contributed by atoms with Crippen molar-refractivity contribution in [2.24, 2.45) is 0 Å². The molecule has 0 bridgehead atoms. The van der Waals surface area contributed by atoms with E-state index in [4.69, 9.17) is 9.97 Å². The van der Waals surface area contributed by atoms with Crippen LogP contribution in [0.3, 0.4) is 0 Å². The topological polar surface area (TPSA) is 58.1 Å². The number of rotatable bonds is 7. The first-order valence-corrected chi connectivity index (χ1v) is 11.6. The number of piperidine rings is 1. The van der Waals surface area contributed by atoms with Crippen molar-refractivity contribution in [2.45, 2.75) is 76.4 Å². The molecule has 1 aliphatic heterocycles. The second-order valence-electron chi connectivity index (χ2n) is 8.01. The van der Waals surface area contributed by atoms with Gasteiger partial charge in [0, 0.05) is 41.7 Å². The van der Waals surface area contributed by atoms with Gasteiger partial charge in [-0.3, -0.25) is 4.79 Å². The van der Waals surface area contributed by atoms with Crippen LogP contribution in [0.1, 0.15) is 68.6 Å². The number of aryl methyl sites for hydroxylation is 1. The zero-order valence-corrected chi connectivity index (χ0v) is 18.8. The van der Waals surface area contributed by atoms with E-state index in [1.165, 1.54) is 19.3 Å². The third kappa shape index (κ3) is 5.95. The van der Waals surface area contributed by atoms with Gasteiger partial charge in [0.25, 0.3) is 5.91 Å². The molecule has 1 aromatic heterocycles. The van der Waals surface area contributed by atoms with E-state index < -0.39 is 0 Å². The molecule has 1 saturated heterocycles. The maximum atomic E-state index is 12.3. The highest BCUT2D eigenvalue weighted by molar-refractivity contribution is 7.98. The minimum Gasteiger partial charge on any atom is -0.354 e. The van der Waals surface area contributed by atoms with Crippen LogP contribution in [0.25, 0.3) is 0 Å². The normalized spacial score (nSPS) is 16.9. The summed E-state index contributed by atoms with van der Waals surface area (Å²) in [7, 11) is 0. The summed E-state index contributed by atoms with van der Waals surface area (Å²) < 4.78 is 0. The van der Waals surface area contributed by atoms with Gasteiger partial charge in [-0.05, 0) is 64.2 Å². The van der Waals surface area contributed by atoms with E-state index in [-0.39, 0.29) is 11.9 Å². The van der Waals surface area contributed by atoms with Crippen LogP contribution in [0.15, 0.2) is 35.5 Å². The van der Waals surface area contributed by atoms with Gasteiger partial charge in [-0.1, -0.05) is 30.8 Å². The number of aromatic nitrogens is 2. The van der Waals surface area contributed by atoms with E-state index in [1.54, 1.807) is 11.8 Å². The van der Waals surface area contributed by atoms with Crippen molar-refractivity contribution in [3.8, 4) is 0 Å². The van der Waals surface area contributed by atoms with Crippen LogP contribution in [-0.4, -0.2) is 34.5 Å². The maximum Gasteiger partial charge on any atom is 0.251 e. The Kier molecular flexibility index (Phi) is 7.53. The van der Waals surface area contributed by atoms with Crippen molar-refractivity contribution in [3.05, 3.63) is 47.2 Å². The Balaban J connectivity index is 1.73. The third-order valence-electron chi connectivity index (χ3n) is 5.18. The molecule has 156 valence electrons. The molecule has 0 radical (unpaired) electrons. The number of hydrogen-bond donors (Lipinski definition) is 1. The first kappa shape index (κ1) is 21.6. The molecule has 2 aromatic rings. The van der Waals surface area contributed by atoms with Crippen LogP contribution in [0.5, 0.6) is 0 Å². The average Bonchev–Trinajstić information content (AvgIpc) is 2.72. The van der Waals surface area contributed by atoms with E-state index in [1.807, 2.05) is 32.0 Å². The van der Waals surface area contributed by atoms with E-state index in [2.05, 4.69) is 36.2 Å². The number of benzene rings is 1. The lowest BCUT2D eigenvalue weighted by Gasteiger charge is -2.34. The van der Waals surface area contributed by atoms with Gasteiger partial charge in [0.15, 0.2) is 5.16 Å². The van der Waals surface area contributed by atoms with Gasteiger partial charge in [-0.2, -0.15) is 0 Å². The zero-order valence-electron chi connectivity index (χ0n) is 17.9. The number of carbonyl (C=O) groups excluding carboxylic acids is 1. The standard InChI is InChI=1S/C23H32N4OS/c1-5-20-14-21(27-12-7-6-9-17(27)4)26-23(25-20)29-15-18-10-8-11-19(13-18)22(28)24-16(2)3/h8,10-11,13-14,16-17H,5-7,9,12,15H2,1-4H3,(H,24,28)/t17-/m1/s1. The molecular formula is C23H32N4OS. The van der Waals surface area contributed by atoms with Crippen molar-refractivity contribution in [1.82, 2.24) is 15.3 Å². The van der Waals surface area contributed by atoms with Crippen molar-refractivity contribution >= 4 is 23.5 Å². The molecule has 29 heavy (non-hydrogen) atoms. The number of anilines is 1. The molecule has 3 rings (SSSR count). The van der Waals surface area contributed by atoms with Crippen molar-refractivity contribution in [3.63, 3.8) is 0 Å². The second kappa shape index (κ2) is 10.1. The summed E-state index contributed by atoms with van der Waals surface area (Å²) in [6.45, 7) is 9.43. The fourth-order valence-corrected chi connectivity index (χ4v) is 4.40. The molecular weight excluding hydrogens is 380 g/mol. The molecule has 0 saturated carbocycles. The lowest BCUT2D eigenvalue weighted by molar-refractivity contribution is 0.0943. The van der Waals surface area contributed by atoms with E-state index in [0.29, 0.717) is 11.6 Å². The van der Waals surface area contributed by atoms with Crippen LogP contribution >= 0.6 is 11.8 Å². The molecule has 0 unspecified atom stereocenters. The van der Waals surface area contributed by atoms with E-state index in [9.17, 15) is 4.79 Å². The van der Waals surface area contributed by atoms with Crippen LogP contribution in [0.4, 0.5) is 5.82 Å². The fourth-order valence-electron chi connectivity index (χ4n) is 3.59. The molecule has 1 aromatic carbocycles. The Morgan fingerprint density at radius 1 is 1.28 bits per heavy atom. The molecule has 1 N–H and O–H groups in total. The SMILES string of the molecule is CCc1cc(N2CCCC[C@H]2C)nc(SCc2cccc(C(=O)NC(C)C)c2)n1. The van der Waals surface area contributed by atoms with Crippen LogP contribution in [-0.2, 0) is 12.2 Å². The van der Waals surface area contributed by atoms with Crippen molar-refractivity contribution < 1.29 is 4.79 Å². The highest BCUT2D eigenvalue weighted by Crippen LogP contribution is 2.27. The van der Waals surface area contributed by atoms with Crippen LogP contribution in [0, 0.1) is 0 Å². The largest absolute Gasteiger partial charge is 0.354 e. The Labute approximate surface area is 178 Å². The average molecular weight is 413 g/mol. The molecule has 0 aliphatic carbocycles. The molecule has 1 atom stereocenters. The lowest BCUT2D eigenvalue weighted by Crippen LogP contribution is -2.38. The van der Waals surface area contributed by atoms with E-state index >= 15 is 0 Å². The van der Waals surface area contributed by atoms with E-state index in [0.717, 1.165) is 41.0 Å². The Morgan fingerprint density at radius 3 is 2.83 bits per heavy atom. The summed E-state index contributed by atoms with van der Waals surface area (Å²) in [4.78, 5) is 24.3. The Hall–Kier alpha value is -2.08. The van der Waals surface area contributed by atoms with Gasteiger partial charge in [-0.25, -0.2) is 9.97 Å². The monoisotopic (exact) mass is 412 g/mol. The number of carbonyl (C=O) groups is 1. The predicted molar refractivity (Wildman–Crippen MR) is 121 cm³/mol. The first-order valence-electron chi connectivity index (χ1n) is 10.6. The quantitative estimate of drug-likeness (QED) is 0.520. The van der Waals surface area contributed by atoms with Gasteiger partial charge in [0.1, 0.15) is 5.82 Å². The van der Waals surface area contributed by atoms with Crippen LogP contribution in [0.2, 0.25) is 0 Å². The highest BCUT2D eigenvalue weighted by Gasteiger charge is 2.21. The molecule has 6 heteroatoms. The van der Waals surface area contributed by atoms with Crippen LogP contribution < -0.4 is 10.2 Å². The first-order chi connectivity index (χ1) is 14.0. The Morgan fingerprint density at radius 2 is 2.10 bits per heavy atom. The minimum absolute atomic E-state index is 0.0301. The van der Waals surface area contributed by atoms with Gasteiger partial charge >= 0.3 is 0 Å². The minimum atomic E-state index is -0.0301. The molecule has 0 spiro atoms. The smallest absolute Gasteiger partial charge is 0.251 e. The summed E-state index contributed by atoms with van der Waals surface area (Å²) in [6.07, 6.45) is 4.64. The summed E-state index contributed by atoms with van der Waals surface area (Å²) in [5.74, 6) is 1.76. The summed E-state index contributed by atoms with van der Waals surface area (Å²) >= 11 is 1.64. The summed E-state index contributed by atoms with van der Waals surface area (Å²) in [5, 5.41) is 3.76. The second-order valence-corrected chi connectivity index (χ2v) is 8.95. The predicted octanol–water partition coefficient (Wildman–Crippen LogP) is 4.85. The zero-order chi connectivity index (χ0) is 20.8. The summed E-state index contributed by atoms with van der Waals surface area (Å²) in [6, 6.07) is 10.6.